The Morgan fingerprint density at radius 3 is 2.40 bits per heavy atom. The van der Waals surface area contributed by atoms with Gasteiger partial charge in [-0.1, -0.05) is 18.2 Å². The van der Waals surface area contributed by atoms with Crippen molar-refractivity contribution in [3.63, 3.8) is 0 Å². The maximum atomic E-state index is 12.5. The summed E-state index contributed by atoms with van der Waals surface area (Å²) in [6.45, 7) is 3.22. The number of ketones is 1. The van der Waals surface area contributed by atoms with E-state index in [1.165, 1.54) is 13.0 Å². The summed E-state index contributed by atoms with van der Waals surface area (Å²) >= 11 is 0. The lowest BCUT2D eigenvalue weighted by atomic mass is 9.97. The van der Waals surface area contributed by atoms with Crippen LogP contribution in [-0.4, -0.2) is 38.6 Å². The molecule has 2 heterocycles. The van der Waals surface area contributed by atoms with Gasteiger partial charge in [0.1, 0.15) is 5.75 Å². The fraction of sp³-hybridized carbons (Fsp3) is 0.130. The standard InChI is InChI=1S/C23H19N3O4/c1-13-21(14(2)27)22(17-6-4-5-7-18(17)23(28)29)24-20-12-19(25-26(13)20)15-8-10-16(30-3)11-9-15/h4-12H,1-3H3,(H,28,29). The SMILES string of the molecule is COc1ccc(-c2cc3nc(-c4ccccc4C(=O)O)c(C(C)=O)c(C)n3n2)cc1. The molecule has 150 valence electrons. The summed E-state index contributed by atoms with van der Waals surface area (Å²) in [5.74, 6) is -0.548. The number of carbonyl (C=O) groups excluding carboxylic acids is 1. The highest BCUT2D eigenvalue weighted by molar-refractivity contribution is 6.04. The molecule has 0 spiro atoms. The van der Waals surface area contributed by atoms with Crippen LogP contribution in [0.3, 0.4) is 0 Å². The molecule has 4 aromatic rings. The van der Waals surface area contributed by atoms with Crippen LogP contribution >= 0.6 is 0 Å². The fourth-order valence-electron chi connectivity index (χ4n) is 3.54. The summed E-state index contributed by atoms with van der Waals surface area (Å²) in [5, 5.41) is 14.2. The smallest absolute Gasteiger partial charge is 0.336 e. The molecular weight excluding hydrogens is 382 g/mol. The first-order chi connectivity index (χ1) is 14.4. The number of aromatic nitrogens is 3. The van der Waals surface area contributed by atoms with Gasteiger partial charge in [-0.05, 0) is 44.2 Å². The van der Waals surface area contributed by atoms with Crippen LogP contribution in [-0.2, 0) is 0 Å². The molecule has 1 N–H and O–H groups in total. The molecule has 0 atom stereocenters. The number of aryl methyl sites for hydroxylation is 1. The number of hydrogen-bond donors (Lipinski definition) is 1. The summed E-state index contributed by atoms with van der Waals surface area (Å²) in [6.07, 6.45) is 0. The first-order valence-electron chi connectivity index (χ1n) is 9.29. The number of ether oxygens (including phenoxy) is 1. The molecule has 4 rings (SSSR count). The average molecular weight is 401 g/mol. The van der Waals surface area contributed by atoms with E-state index in [1.54, 1.807) is 36.7 Å². The van der Waals surface area contributed by atoms with Crippen molar-refractivity contribution in [1.82, 2.24) is 14.6 Å². The number of methoxy groups -OCH3 is 1. The third-order valence-electron chi connectivity index (χ3n) is 4.98. The van der Waals surface area contributed by atoms with Crippen molar-refractivity contribution in [2.24, 2.45) is 0 Å². The molecule has 0 radical (unpaired) electrons. The number of fused-ring (bicyclic) bond motifs is 1. The van der Waals surface area contributed by atoms with E-state index in [0.29, 0.717) is 33.9 Å². The highest BCUT2D eigenvalue weighted by Gasteiger charge is 2.22. The molecule has 0 saturated heterocycles. The van der Waals surface area contributed by atoms with E-state index in [0.717, 1.165) is 11.3 Å². The lowest BCUT2D eigenvalue weighted by Gasteiger charge is -2.13. The molecule has 7 nitrogen and oxygen atoms in total. The summed E-state index contributed by atoms with van der Waals surface area (Å²) in [7, 11) is 1.60. The number of hydrogen-bond acceptors (Lipinski definition) is 5. The van der Waals surface area contributed by atoms with Crippen LogP contribution in [0.4, 0.5) is 0 Å². The minimum Gasteiger partial charge on any atom is -0.497 e. The molecule has 0 aliphatic rings. The van der Waals surface area contributed by atoms with Crippen molar-refractivity contribution in [2.45, 2.75) is 13.8 Å². The Morgan fingerprint density at radius 1 is 1.07 bits per heavy atom. The molecule has 0 bridgehead atoms. The van der Waals surface area contributed by atoms with Gasteiger partial charge in [-0.15, -0.1) is 0 Å². The van der Waals surface area contributed by atoms with E-state index < -0.39 is 5.97 Å². The van der Waals surface area contributed by atoms with Crippen molar-refractivity contribution in [3.8, 4) is 28.3 Å². The Kier molecular flexibility index (Phi) is 4.79. The predicted molar refractivity (Wildman–Crippen MR) is 112 cm³/mol. The molecule has 0 unspecified atom stereocenters. The van der Waals surface area contributed by atoms with Crippen LogP contribution in [0.15, 0.2) is 54.6 Å². The Balaban J connectivity index is 1.97. The molecule has 30 heavy (non-hydrogen) atoms. The van der Waals surface area contributed by atoms with Crippen molar-refractivity contribution in [3.05, 3.63) is 71.4 Å². The minimum atomic E-state index is -1.08. The normalized spacial score (nSPS) is 10.9. The van der Waals surface area contributed by atoms with Crippen LogP contribution in [0.25, 0.3) is 28.2 Å². The van der Waals surface area contributed by atoms with Gasteiger partial charge in [0.05, 0.1) is 35.3 Å². The second-order valence-corrected chi connectivity index (χ2v) is 6.86. The number of nitrogens with zero attached hydrogens (tertiary/aromatic N) is 3. The van der Waals surface area contributed by atoms with Crippen LogP contribution in [0, 0.1) is 6.92 Å². The van der Waals surface area contributed by atoms with E-state index in [4.69, 9.17) is 4.74 Å². The summed E-state index contributed by atoms with van der Waals surface area (Å²) < 4.78 is 6.81. The Hall–Kier alpha value is -4.00. The van der Waals surface area contributed by atoms with Gasteiger partial charge in [-0.2, -0.15) is 5.10 Å². The molecule has 0 amide bonds. The fourth-order valence-corrected chi connectivity index (χ4v) is 3.54. The summed E-state index contributed by atoms with van der Waals surface area (Å²) in [6, 6.07) is 15.8. The summed E-state index contributed by atoms with van der Waals surface area (Å²) in [4.78, 5) is 28.9. The highest BCUT2D eigenvalue weighted by Crippen LogP contribution is 2.30. The second kappa shape index (κ2) is 7.44. The first-order valence-corrected chi connectivity index (χ1v) is 9.29. The highest BCUT2D eigenvalue weighted by atomic mass is 16.5. The van der Waals surface area contributed by atoms with E-state index in [9.17, 15) is 14.7 Å². The number of Topliss-reactive ketones (excluding diaryl/α,β-unsaturated/α-hetero) is 1. The van der Waals surface area contributed by atoms with Gasteiger partial charge >= 0.3 is 5.97 Å². The van der Waals surface area contributed by atoms with Crippen molar-refractivity contribution < 1.29 is 19.4 Å². The topological polar surface area (TPSA) is 93.8 Å². The largest absolute Gasteiger partial charge is 0.497 e. The van der Waals surface area contributed by atoms with Crippen LogP contribution < -0.4 is 4.74 Å². The van der Waals surface area contributed by atoms with Crippen molar-refractivity contribution in [2.75, 3.05) is 7.11 Å². The zero-order valence-electron chi connectivity index (χ0n) is 16.7. The molecule has 0 aliphatic carbocycles. The van der Waals surface area contributed by atoms with Crippen molar-refractivity contribution in [1.29, 1.82) is 0 Å². The van der Waals surface area contributed by atoms with E-state index in [2.05, 4.69) is 10.1 Å². The molecule has 2 aromatic carbocycles. The second-order valence-electron chi connectivity index (χ2n) is 6.86. The van der Waals surface area contributed by atoms with Crippen LogP contribution in [0.1, 0.15) is 33.3 Å². The first kappa shape index (κ1) is 19.3. The molecule has 2 aromatic heterocycles. The number of rotatable bonds is 5. The number of carboxylic acid groups (broad SMARTS) is 1. The van der Waals surface area contributed by atoms with E-state index in [1.807, 2.05) is 30.3 Å². The van der Waals surface area contributed by atoms with Crippen LogP contribution in [0.5, 0.6) is 5.75 Å². The van der Waals surface area contributed by atoms with E-state index in [-0.39, 0.29) is 11.3 Å². The van der Waals surface area contributed by atoms with Gasteiger partial charge in [-0.25, -0.2) is 14.3 Å². The van der Waals surface area contributed by atoms with E-state index >= 15 is 0 Å². The van der Waals surface area contributed by atoms with Gasteiger partial charge < -0.3 is 9.84 Å². The van der Waals surface area contributed by atoms with Gasteiger partial charge in [-0.3, -0.25) is 4.79 Å². The minimum absolute atomic E-state index is 0.0890. The number of carbonyl (C=O) groups is 2. The quantitative estimate of drug-likeness (QED) is 0.502. The predicted octanol–water partition coefficient (Wildman–Crippen LogP) is 4.28. The maximum Gasteiger partial charge on any atom is 0.336 e. The third-order valence-corrected chi connectivity index (χ3v) is 4.98. The number of aromatic carboxylic acids is 1. The van der Waals surface area contributed by atoms with Gasteiger partial charge in [0.15, 0.2) is 11.4 Å². The van der Waals surface area contributed by atoms with Crippen molar-refractivity contribution >= 4 is 17.4 Å². The van der Waals surface area contributed by atoms with Crippen LogP contribution in [0.2, 0.25) is 0 Å². The Bertz CT molecular complexity index is 1290. The number of carboxylic acids is 1. The zero-order valence-corrected chi connectivity index (χ0v) is 16.7. The Labute approximate surface area is 172 Å². The molecule has 0 fully saturated rings. The van der Waals surface area contributed by atoms with Gasteiger partial charge in [0, 0.05) is 17.2 Å². The zero-order chi connectivity index (χ0) is 21.4. The van der Waals surface area contributed by atoms with Gasteiger partial charge in [0.25, 0.3) is 0 Å². The number of benzene rings is 2. The van der Waals surface area contributed by atoms with Gasteiger partial charge in [0.2, 0.25) is 0 Å². The average Bonchev–Trinajstić information content (AvgIpc) is 3.18. The third kappa shape index (κ3) is 3.20. The Morgan fingerprint density at radius 2 is 1.77 bits per heavy atom. The molecule has 0 saturated carbocycles. The molecule has 0 aliphatic heterocycles. The molecule has 7 heteroatoms. The molecular formula is C23H19N3O4. The lowest BCUT2D eigenvalue weighted by molar-refractivity contribution is 0.0697. The summed E-state index contributed by atoms with van der Waals surface area (Å²) in [5.41, 5.74) is 3.86. The lowest BCUT2D eigenvalue weighted by Crippen LogP contribution is -2.10. The maximum absolute atomic E-state index is 12.5. The monoisotopic (exact) mass is 401 g/mol.